The number of nitrogens with one attached hydrogen (secondary N) is 2. The van der Waals surface area contributed by atoms with E-state index < -0.39 is 0 Å². The molecule has 1 aliphatic rings. The molecule has 1 fully saturated rings. The Hall–Kier alpha value is -2.99. The molecule has 2 aromatic carbocycles. The number of benzene rings is 2. The van der Waals surface area contributed by atoms with Gasteiger partial charge in [-0.2, -0.15) is 0 Å². The van der Waals surface area contributed by atoms with Crippen LogP contribution in [0.25, 0.3) is 11.3 Å². The second-order valence-electron chi connectivity index (χ2n) is 6.62. The minimum Gasteiger partial charge on any atom is -0.497 e. The summed E-state index contributed by atoms with van der Waals surface area (Å²) in [5, 5.41) is 6.66. The van der Waals surface area contributed by atoms with Crippen LogP contribution in [0.4, 0.5) is 17.4 Å². The summed E-state index contributed by atoms with van der Waals surface area (Å²) in [6.07, 6.45) is 1.72. The highest BCUT2D eigenvalue weighted by molar-refractivity contribution is 5.65. The zero-order valence-corrected chi connectivity index (χ0v) is 15.7. The molecule has 1 aliphatic heterocycles. The quantitative estimate of drug-likeness (QED) is 0.718. The van der Waals surface area contributed by atoms with Crippen molar-refractivity contribution in [3.63, 3.8) is 0 Å². The largest absolute Gasteiger partial charge is 0.497 e. The molecule has 0 radical (unpaired) electrons. The Kier molecular flexibility index (Phi) is 4.98. The van der Waals surface area contributed by atoms with Gasteiger partial charge in [-0.1, -0.05) is 12.1 Å². The number of nitrogens with zero attached hydrogens (tertiary/aromatic N) is 2. The molecule has 4 rings (SSSR count). The van der Waals surface area contributed by atoms with Gasteiger partial charge in [0.05, 0.1) is 13.3 Å². The van der Waals surface area contributed by atoms with Crippen molar-refractivity contribution in [2.45, 2.75) is 6.92 Å². The van der Waals surface area contributed by atoms with Gasteiger partial charge in [0.25, 0.3) is 6.01 Å². The van der Waals surface area contributed by atoms with E-state index in [1.165, 1.54) is 5.69 Å². The van der Waals surface area contributed by atoms with Crippen LogP contribution in [0.2, 0.25) is 0 Å². The van der Waals surface area contributed by atoms with Crippen LogP contribution in [-0.2, 0) is 0 Å². The van der Waals surface area contributed by atoms with Gasteiger partial charge >= 0.3 is 0 Å². The molecule has 2 N–H and O–H groups in total. The number of anilines is 3. The molecule has 1 aromatic heterocycles. The lowest BCUT2D eigenvalue weighted by molar-refractivity contribution is 0.415. The van der Waals surface area contributed by atoms with E-state index in [1.54, 1.807) is 13.3 Å². The van der Waals surface area contributed by atoms with Crippen molar-refractivity contribution < 1.29 is 9.15 Å². The smallest absolute Gasteiger partial charge is 0.299 e. The molecule has 0 amide bonds. The number of piperazine rings is 1. The Balaban J connectivity index is 1.50. The van der Waals surface area contributed by atoms with E-state index >= 15 is 0 Å². The van der Waals surface area contributed by atoms with Crippen LogP contribution in [0.1, 0.15) is 5.56 Å². The van der Waals surface area contributed by atoms with Gasteiger partial charge in [0.15, 0.2) is 5.76 Å². The summed E-state index contributed by atoms with van der Waals surface area (Å²) in [6.45, 7) is 6.23. The Morgan fingerprint density at radius 1 is 1.15 bits per heavy atom. The molecular weight excluding hydrogens is 340 g/mol. The van der Waals surface area contributed by atoms with Gasteiger partial charge in [-0.3, -0.25) is 0 Å². The number of rotatable bonds is 5. The van der Waals surface area contributed by atoms with E-state index in [2.05, 4.69) is 45.6 Å². The molecule has 140 valence electrons. The molecule has 0 bridgehead atoms. The third-order valence-electron chi connectivity index (χ3n) is 4.79. The number of aryl methyl sites for hydroxylation is 1. The fraction of sp³-hybridized carbons (Fsp3) is 0.286. The first-order chi connectivity index (χ1) is 13.2. The number of methoxy groups -OCH3 is 1. The highest BCUT2D eigenvalue weighted by Gasteiger charge is 2.13. The van der Waals surface area contributed by atoms with Gasteiger partial charge < -0.3 is 24.7 Å². The fourth-order valence-electron chi connectivity index (χ4n) is 3.26. The molecule has 0 unspecified atom stereocenters. The lowest BCUT2D eigenvalue weighted by Gasteiger charge is -2.30. The van der Waals surface area contributed by atoms with E-state index in [0.29, 0.717) is 11.8 Å². The summed E-state index contributed by atoms with van der Waals surface area (Å²) < 4.78 is 11.1. The molecule has 27 heavy (non-hydrogen) atoms. The summed E-state index contributed by atoms with van der Waals surface area (Å²) in [5.41, 5.74) is 4.34. The first kappa shape index (κ1) is 17.4. The molecule has 6 heteroatoms. The maximum Gasteiger partial charge on any atom is 0.299 e. The van der Waals surface area contributed by atoms with E-state index in [1.807, 2.05) is 24.3 Å². The molecule has 0 aliphatic carbocycles. The van der Waals surface area contributed by atoms with Gasteiger partial charge in [-0.25, -0.2) is 4.98 Å². The minimum absolute atomic E-state index is 0.478. The van der Waals surface area contributed by atoms with Crippen LogP contribution in [0, 0.1) is 6.92 Å². The van der Waals surface area contributed by atoms with Gasteiger partial charge in [-0.05, 0) is 42.8 Å². The maximum absolute atomic E-state index is 5.88. The average molecular weight is 364 g/mol. The minimum atomic E-state index is 0.478. The summed E-state index contributed by atoms with van der Waals surface area (Å²) in [4.78, 5) is 6.76. The molecule has 2 heterocycles. The highest BCUT2D eigenvalue weighted by Crippen LogP contribution is 2.29. The lowest BCUT2D eigenvalue weighted by Crippen LogP contribution is -2.43. The second-order valence-corrected chi connectivity index (χ2v) is 6.62. The summed E-state index contributed by atoms with van der Waals surface area (Å²) in [5.74, 6) is 1.49. The summed E-state index contributed by atoms with van der Waals surface area (Å²) in [6, 6.07) is 14.7. The normalized spacial score (nSPS) is 14.2. The van der Waals surface area contributed by atoms with Crippen molar-refractivity contribution in [1.82, 2.24) is 10.3 Å². The zero-order valence-electron chi connectivity index (χ0n) is 15.7. The second kappa shape index (κ2) is 7.72. The molecule has 1 saturated heterocycles. The first-order valence-electron chi connectivity index (χ1n) is 9.16. The fourth-order valence-corrected chi connectivity index (χ4v) is 3.26. The molecular formula is C21H24N4O2. The third kappa shape index (κ3) is 3.90. The predicted octanol–water partition coefficient (Wildman–Crippen LogP) is 3.81. The van der Waals surface area contributed by atoms with Crippen molar-refractivity contribution in [3.8, 4) is 17.1 Å². The maximum atomic E-state index is 5.88. The van der Waals surface area contributed by atoms with Gasteiger partial charge in [0.2, 0.25) is 0 Å². The third-order valence-corrected chi connectivity index (χ3v) is 4.79. The van der Waals surface area contributed by atoms with Crippen LogP contribution in [0.3, 0.4) is 0 Å². The van der Waals surface area contributed by atoms with Crippen LogP contribution in [0.15, 0.2) is 53.1 Å². The SMILES string of the molecule is COc1cccc(-c2cnc(Nc3ccc(N4CCNCC4)cc3C)o2)c1. The van der Waals surface area contributed by atoms with Crippen LogP contribution in [-0.4, -0.2) is 38.3 Å². The lowest BCUT2D eigenvalue weighted by atomic mass is 10.1. The van der Waals surface area contributed by atoms with Crippen LogP contribution < -0.4 is 20.3 Å². The Bertz CT molecular complexity index is 916. The van der Waals surface area contributed by atoms with Crippen LogP contribution in [0.5, 0.6) is 5.75 Å². The molecule has 3 aromatic rings. The van der Waals surface area contributed by atoms with Gasteiger partial charge in [-0.15, -0.1) is 0 Å². The van der Waals surface area contributed by atoms with Gasteiger partial charge in [0, 0.05) is 43.1 Å². The monoisotopic (exact) mass is 364 g/mol. The topological polar surface area (TPSA) is 62.6 Å². The Morgan fingerprint density at radius 3 is 2.78 bits per heavy atom. The number of hydrogen-bond acceptors (Lipinski definition) is 6. The first-order valence-corrected chi connectivity index (χ1v) is 9.16. The average Bonchev–Trinajstić information content (AvgIpc) is 3.19. The number of ether oxygens (including phenoxy) is 1. The van der Waals surface area contributed by atoms with Crippen molar-refractivity contribution in [2.75, 3.05) is 43.5 Å². The van der Waals surface area contributed by atoms with E-state index in [9.17, 15) is 0 Å². The Morgan fingerprint density at radius 2 is 2.00 bits per heavy atom. The number of aromatic nitrogens is 1. The highest BCUT2D eigenvalue weighted by atomic mass is 16.5. The molecule has 6 nitrogen and oxygen atoms in total. The summed E-state index contributed by atoms with van der Waals surface area (Å²) in [7, 11) is 1.65. The molecule has 0 saturated carbocycles. The van der Waals surface area contributed by atoms with E-state index in [4.69, 9.17) is 9.15 Å². The Labute approximate surface area is 159 Å². The van der Waals surface area contributed by atoms with E-state index in [0.717, 1.165) is 48.7 Å². The van der Waals surface area contributed by atoms with Crippen LogP contribution >= 0.6 is 0 Å². The van der Waals surface area contributed by atoms with Crippen molar-refractivity contribution in [2.24, 2.45) is 0 Å². The number of hydrogen-bond donors (Lipinski definition) is 2. The standard InChI is InChI=1S/C21H24N4O2/c1-15-12-17(25-10-8-22-9-11-25)6-7-19(15)24-21-23-14-20(27-21)16-4-3-5-18(13-16)26-2/h3-7,12-14,22H,8-11H2,1-2H3,(H,23,24). The number of oxazole rings is 1. The van der Waals surface area contributed by atoms with E-state index in [-0.39, 0.29) is 0 Å². The van der Waals surface area contributed by atoms with Crippen molar-refractivity contribution in [1.29, 1.82) is 0 Å². The molecule has 0 atom stereocenters. The zero-order chi connectivity index (χ0) is 18.6. The molecule has 0 spiro atoms. The van der Waals surface area contributed by atoms with Crippen molar-refractivity contribution in [3.05, 3.63) is 54.2 Å². The summed E-state index contributed by atoms with van der Waals surface area (Å²) >= 11 is 0. The van der Waals surface area contributed by atoms with Crippen molar-refractivity contribution >= 4 is 17.4 Å². The van der Waals surface area contributed by atoms with Gasteiger partial charge in [0.1, 0.15) is 5.75 Å². The predicted molar refractivity (Wildman–Crippen MR) is 108 cm³/mol.